The van der Waals surface area contributed by atoms with Crippen molar-refractivity contribution in [1.29, 1.82) is 5.26 Å². The lowest BCUT2D eigenvalue weighted by atomic mass is 9.98. The first-order chi connectivity index (χ1) is 10.4. The second kappa shape index (κ2) is 6.55. The van der Waals surface area contributed by atoms with E-state index in [0.717, 1.165) is 36.8 Å². The Bertz CT molecular complexity index is 623. The zero-order valence-electron chi connectivity index (χ0n) is 11.6. The Labute approximate surface area is 127 Å². The van der Waals surface area contributed by atoms with Crippen LogP contribution >= 0.6 is 11.3 Å². The summed E-state index contributed by atoms with van der Waals surface area (Å²) in [7, 11) is 0. The number of pyridine rings is 1. The maximum absolute atomic E-state index is 9.21. The van der Waals surface area contributed by atoms with Crippen LogP contribution in [0.5, 0.6) is 5.19 Å². The number of nitriles is 1. The Balaban J connectivity index is 1.64. The van der Waals surface area contributed by atoms with Crippen LogP contribution in [0.2, 0.25) is 0 Å². The summed E-state index contributed by atoms with van der Waals surface area (Å²) >= 11 is 1.51. The Hall–Kier alpha value is -2.13. The number of rotatable bonds is 4. The molecule has 3 heterocycles. The molecule has 2 aromatic rings. The normalized spacial score (nSPS) is 18.2. The molecule has 0 bridgehead atoms. The van der Waals surface area contributed by atoms with Crippen molar-refractivity contribution in [2.24, 2.45) is 5.92 Å². The van der Waals surface area contributed by atoms with Crippen molar-refractivity contribution in [2.75, 3.05) is 24.6 Å². The monoisotopic (exact) mass is 300 g/mol. The van der Waals surface area contributed by atoms with Crippen LogP contribution in [0, 0.1) is 17.2 Å². The molecule has 1 saturated heterocycles. The van der Waals surface area contributed by atoms with E-state index >= 15 is 0 Å². The van der Waals surface area contributed by atoms with Crippen LogP contribution in [0.15, 0.2) is 30.0 Å². The maximum Gasteiger partial charge on any atom is 0.273 e. The van der Waals surface area contributed by atoms with E-state index in [1.54, 1.807) is 24.7 Å². The number of aromatic nitrogens is 2. The van der Waals surface area contributed by atoms with Gasteiger partial charge >= 0.3 is 0 Å². The van der Waals surface area contributed by atoms with Crippen molar-refractivity contribution in [3.63, 3.8) is 0 Å². The summed E-state index contributed by atoms with van der Waals surface area (Å²) in [5.41, 5.74) is 1.62. The molecule has 5 nitrogen and oxygen atoms in total. The zero-order valence-corrected chi connectivity index (χ0v) is 12.4. The average Bonchev–Trinajstić information content (AvgIpc) is 3.06. The van der Waals surface area contributed by atoms with E-state index in [0.29, 0.717) is 18.1 Å². The van der Waals surface area contributed by atoms with Crippen LogP contribution in [0.1, 0.15) is 18.4 Å². The van der Waals surface area contributed by atoms with E-state index in [9.17, 15) is 5.26 Å². The number of ether oxygens (including phenoxy) is 1. The third-order valence-corrected chi connectivity index (χ3v) is 4.32. The highest BCUT2D eigenvalue weighted by atomic mass is 32.1. The molecule has 1 fully saturated rings. The molecule has 0 N–H and O–H groups in total. The van der Waals surface area contributed by atoms with Gasteiger partial charge in [-0.2, -0.15) is 5.26 Å². The summed E-state index contributed by atoms with van der Waals surface area (Å²) in [6.45, 7) is 2.53. The fourth-order valence-corrected chi connectivity index (χ4v) is 3.12. The van der Waals surface area contributed by atoms with Crippen LogP contribution < -0.4 is 9.64 Å². The van der Waals surface area contributed by atoms with E-state index < -0.39 is 0 Å². The van der Waals surface area contributed by atoms with E-state index in [-0.39, 0.29) is 0 Å². The van der Waals surface area contributed by atoms with E-state index in [4.69, 9.17) is 4.74 Å². The average molecular weight is 300 g/mol. The van der Waals surface area contributed by atoms with Gasteiger partial charge in [0.15, 0.2) is 0 Å². The maximum atomic E-state index is 9.21. The number of anilines is 1. The number of thiazole rings is 1. The first kappa shape index (κ1) is 13.8. The van der Waals surface area contributed by atoms with Gasteiger partial charge in [-0.1, -0.05) is 11.3 Å². The minimum absolute atomic E-state index is 0.453. The lowest BCUT2D eigenvalue weighted by molar-refractivity contribution is 0.228. The van der Waals surface area contributed by atoms with Crippen molar-refractivity contribution < 1.29 is 4.74 Å². The van der Waals surface area contributed by atoms with Crippen LogP contribution in [0.4, 0.5) is 5.69 Å². The first-order valence-corrected chi connectivity index (χ1v) is 7.86. The Morgan fingerprint density at radius 3 is 3.24 bits per heavy atom. The van der Waals surface area contributed by atoms with Crippen molar-refractivity contribution in [3.8, 4) is 11.3 Å². The van der Waals surface area contributed by atoms with Gasteiger partial charge in [-0.3, -0.25) is 4.98 Å². The van der Waals surface area contributed by atoms with E-state index in [1.165, 1.54) is 11.3 Å². The Kier molecular flexibility index (Phi) is 4.31. The molecule has 0 spiro atoms. The summed E-state index contributed by atoms with van der Waals surface area (Å²) in [6.07, 6.45) is 7.44. The number of piperidine rings is 1. The highest BCUT2D eigenvalue weighted by Gasteiger charge is 2.22. The predicted octanol–water partition coefficient (Wildman–Crippen LogP) is 2.71. The molecule has 1 unspecified atom stereocenters. The lowest BCUT2D eigenvalue weighted by Gasteiger charge is -2.34. The van der Waals surface area contributed by atoms with E-state index in [2.05, 4.69) is 20.9 Å². The number of nitrogens with zero attached hydrogens (tertiary/aromatic N) is 4. The molecular weight excluding hydrogens is 284 g/mol. The van der Waals surface area contributed by atoms with Crippen LogP contribution in [0.3, 0.4) is 0 Å². The molecule has 0 amide bonds. The van der Waals surface area contributed by atoms with Crippen molar-refractivity contribution in [1.82, 2.24) is 9.97 Å². The second-order valence-corrected chi connectivity index (χ2v) is 5.93. The van der Waals surface area contributed by atoms with Gasteiger partial charge in [-0.05, 0) is 18.9 Å². The zero-order chi connectivity index (χ0) is 14.5. The molecule has 6 heteroatoms. The van der Waals surface area contributed by atoms with Crippen molar-refractivity contribution in [2.45, 2.75) is 12.8 Å². The third kappa shape index (κ3) is 3.31. The fourth-order valence-electron chi connectivity index (χ4n) is 2.62. The molecule has 3 rings (SSSR count). The van der Waals surface area contributed by atoms with Gasteiger partial charge in [-0.25, -0.2) is 4.98 Å². The van der Waals surface area contributed by atoms with Gasteiger partial charge in [0, 0.05) is 36.8 Å². The van der Waals surface area contributed by atoms with E-state index in [1.807, 2.05) is 5.38 Å². The van der Waals surface area contributed by atoms with Gasteiger partial charge in [0.1, 0.15) is 6.07 Å². The predicted molar refractivity (Wildman–Crippen MR) is 81.5 cm³/mol. The first-order valence-electron chi connectivity index (χ1n) is 6.98. The topological polar surface area (TPSA) is 62.0 Å². The molecule has 0 aliphatic carbocycles. The number of hydrogen-bond donors (Lipinski definition) is 0. The Morgan fingerprint density at radius 2 is 2.43 bits per heavy atom. The van der Waals surface area contributed by atoms with Gasteiger partial charge < -0.3 is 9.64 Å². The highest BCUT2D eigenvalue weighted by molar-refractivity contribution is 7.11. The standard InChI is InChI=1S/C15H16N4OS/c16-8-13-3-4-17-9-14(13)19-6-1-2-12(10-19)11-20-15-18-5-7-21-15/h3-5,7,9,12H,1-2,6,10-11H2. The minimum atomic E-state index is 0.453. The Morgan fingerprint density at radius 1 is 1.48 bits per heavy atom. The molecule has 1 aliphatic rings. The molecule has 0 aromatic carbocycles. The lowest BCUT2D eigenvalue weighted by Crippen LogP contribution is -2.38. The minimum Gasteiger partial charge on any atom is -0.470 e. The third-order valence-electron chi connectivity index (χ3n) is 3.63. The van der Waals surface area contributed by atoms with Gasteiger partial charge in [0.2, 0.25) is 0 Å². The molecular formula is C15H16N4OS. The van der Waals surface area contributed by atoms with Crippen LogP contribution in [-0.2, 0) is 0 Å². The second-order valence-electron chi connectivity index (χ2n) is 5.07. The molecule has 0 saturated carbocycles. The largest absolute Gasteiger partial charge is 0.470 e. The molecule has 2 aromatic heterocycles. The summed E-state index contributed by atoms with van der Waals surface area (Å²) in [6, 6.07) is 4.01. The van der Waals surface area contributed by atoms with Crippen molar-refractivity contribution >= 4 is 17.0 Å². The van der Waals surface area contributed by atoms with Gasteiger partial charge in [-0.15, -0.1) is 0 Å². The quantitative estimate of drug-likeness (QED) is 0.868. The molecule has 21 heavy (non-hydrogen) atoms. The highest BCUT2D eigenvalue weighted by Crippen LogP contribution is 2.26. The summed E-state index contributed by atoms with van der Waals surface area (Å²) in [5.74, 6) is 0.453. The van der Waals surface area contributed by atoms with Crippen LogP contribution in [-0.4, -0.2) is 29.7 Å². The molecule has 1 aliphatic heterocycles. The molecule has 0 radical (unpaired) electrons. The van der Waals surface area contributed by atoms with Gasteiger partial charge in [0.25, 0.3) is 5.19 Å². The smallest absolute Gasteiger partial charge is 0.273 e. The van der Waals surface area contributed by atoms with Gasteiger partial charge in [0.05, 0.1) is 24.1 Å². The summed E-state index contributed by atoms with van der Waals surface area (Å²) in [5, 5.41) is 11.8. The summed E-state index contributed by atoms with van der Waals surface area (Å²) in [4.78, 5) is 10.5. The molecule has 108 valence electrons. The molecule has 1 atom stereocenters. The van der Waals surface area contributed by atoms with Crippen LogP contribution in [0.25, 0.3) is 0 Å². The van der Waals surface area contributed by atoms with Crippen molar-refractivity contribution in [3.05, 3.63) is 35.6 Å². The fraction of sp³-hybridized carbons (Fsp3) is 0.400. The summed E-state index contributed by atoms with van der Waals surface area (Å²) < 4.78 is 5.73. The SMILES string of the molecule is N#Cc1ccncc1N1CCCC(COc2nccs2)C1. The number of hydrogen-bond acceptors (Lipinski definition) is 6.